The summed E-state index contributed by atoms with van der Waals surface area (Å²) in [5.41, 5.74) is 3.78. The largest absolute Gasteiger partial charge is 0.326 e. The van der Waals surface area contributed by atoms with Crippen molar-refractivity contribution in [3.63, 3.8) is 0 Å². The highest BCUT2D eigenvalue weighted by atomic mass is 16.1. The lowest BCUT2D eigenvalue weighted by atomic mass is 10.1. The zero-order valence-corrected chi connectivity index (χ0v) is 13.1. The predicted molar refractivity (Wildman–Crippen MR) is 83.1 cm³/mol. The Kier molecular flexibility index (Phi) is 4.73. The van der Waals surface area contributed by atoms with E-state index in [1.165, 1.54) is 0 Å². The van der Waals surface area contributed by atoms with E-state index in [9.17, 15) is 4.79 Å². The molecule has 112 valence electrons. The number of hydrogen-bond acceptors (Lipinski definition) is 3. The topological polar surface area (TPSA) is 59.8 Å². The Bertz CT molecular complexity index is 617. The molecule has 5 heteroatoms. The van der Waals surface area contributed by atoms with Gasteiger partial charge in [-0.15, -0.1) is 0 Å². The molecule has 0 aromatic carbocycles. The minimum absolute atomic E-state index is 0.0310. The van der Waals surface area contributed by atoms with E-state index >= 15 is 0 Å². The van der Waals surface area contributed by atoms with E-state index in [0.717, 1.165) is 29.2 Å². The van der Waals surface area contributed by atoms with Crippen LogP contribution in [0.4, 0.5) is 5.69 Å². The molecule has 1 amide bonds. The fraction of sp³-hybridized carbons (Fsp3) is 0.438. The van der Waals surface area contributed by atoms with Crippen LogP contribution in [-0.4, -0.2) is 20.7 Å². The number of nitrogens with one attached hydrogen (secondary N) is 1. The number of pyridine rings is 1. The van der Waals surface area contributed by atoms with Crippen LogP contribution < -0.4 is 5.32 Å². The maximum Gasteiger partial charge on any atom is 0.228 e. The van der Waals surface area contributed by atoms with Gasteiger partial charge in [-0.1, -0.05) is 13.8 Å². The van der Waals surface area contributed by atoms with Crippen molar-refractivity contribution in [2.45, 2.75) is 40.7 Å². The second-order valence-electron chi connectivity index (χ2n) is 5.69. The van der Waals surface area contributed by atoms with E-state index in [4.69, 9.17) is 0 Å². The van der Waals surface area contributed by atoms with Crippen molar-refractivity contribution in [3.8, 4) is 0 Å². The smallest absolute Gasteiger partial charge is 0.228 e. The van der Waals surface area contributed by atoms with Gasteiger partial charge in [-0.05, 0) is 31.9 Å². The lowest BCUT2D eigenvalue weighted by molar-refractivity contribution is -0.115. The summed E-state index contributed by atoms with van der Waals surface area (Å²) in [4.78, 5) is 16.1. The molecule has 2 aromatic rings. The van der Waals surface area contributed by atoms with Crippen LogP contribution in [-0.2, 0) is 17.8 Å². The fourth-order valence-corrected chi connectivity index (χ4v) is 2.31. The van der Waals surface area contributed by atoms with Gasteiger partial charge in [-0.2, -0.15) is 5.10 Å². The summed E-state index contributed by atoms with van der Waals surface area (Å²) in [6.45, 7) is 9.17. The molecule has 0 fully saturated rings. The number of aryl methyl sites for hydroxylation is 1. The molecule has 0 bridgehead atoms. The molecule has 0 saturated carbocycles. The molecular formula is C16H22N4O. The van der Waals surface area contributed by atoms with Crippen LogP contribution >= 0.6 is 0 Å². The van der Waals surface area contributed by atoms with E-state index in [1.54, 1.807) is 24.5 Å². The van der Waals surface area contributed by atoms with Gasteiger partial charge in [0.1, 0.15) is 0 Å². The van der Waals surface area contributed by atoms with Crippen molar-refractivity contribution in [2.24, 2.45) is 5.92 Å². The number of carbonyl (C=O) groups is 1. The summed E-state index contributed by atoms with van der Waals surface area (Å²) >= 11 is 0. The molecule has 21 heavy (non-hydrogen) atoms. The highest BCUT2D eigenvalue weighted by molar-refractivity contribution is 5.92. The SMILES string of the molecule is Cc1nn(CC(C)C)c(C)c1CC(=O)Nc1ccncc1. The van der Waals surface area contributed by atoms with Crippen molar-refractivity contribution in [1.29, 1.82) is 0 Å². The first-order valence-corrected chi connectivity index (χ1v) is 7.20. The molecule has 2 heterocycles. The Hall–Kier alpha value is -2.17. The Morgan fingerprint density at radius 2 is 1.95 bits per heavy atom. The third kappa shape index (κ3) is 3.90. The molecule has 0 aliphatic carbocycles. The molecule has 0 aliphatic heterocycles. The third-order valence-corrected chi connectivity index (χ3v) is 3.37. The van der Waals surface area contributed by atoms with Crippen LogP contribution in [0.5, 0.6) is 0 Å². The first-order valence-electron chi connectivity index (χ1n) is 7.20. The van der Waals surface area contributed by atoms with Gasteiger partial charge in [-0.3, -0.25) is 14.5 Å². The highest BCUT2D eigenvalue weighted by Crippen LogP contribution is 2.16. The zero-order chi connectivity index (χ0) is 15.4. The summed E-state index contributed by atoms with van der Waals surface area (Å²) in [5.74, 6) is 0.498. The second-order valence-corrected chi connectivity index (χ2v) is 5.69. The standard InChI is InChI=1S/C16H22N4O/c1-11(2)10-20-13(4)15(12(3)19-20)9-16(21)18-14-5-7-17-8-6-14/h5-8,11H,9-10H2,1-4H3,(H,17,18,21). The maximum absolute atomic E-state index is 12.1. The van der Waals surface area contributed by atoms with Gasteiger partial charge in [0, 0.05) is 35.9 Å². The lowest BCUT2D eigenvalue weighted by Gasteiger charge is -2.08. The van der Waals surface area contributed by atoms with Gasteiger partial charge >= 0.3 is 0 Å². The molecule has 0 spiro atoms. The van der Waals surface area contributed by atoms with Gasteiger partial charge in [-0.25, -0.2) is 0 Å². The molecule has 0 aliphatic rings. The predicted octanol–water partition coefficient (Wildman–Crippen LogP) is 2.73. The summed E-state index contributed by atoms with van der Waals surface area (Å²) in [6, 6.07) is 3.56. The van der Waals surface area contributed by atoms with Gasteiger partial charge < -0.3 is 5.32 Å². The van der Waals surface area contributed by atoms with Gasteiger partial charge in [0.25, 0.3) is 0 Å². The molecule has 2 rings (SSSR count). The molecule has 5 nitrogen and oxygen atoms in total. The summed E-state index contributed by atoms with van der Waals surface area (Å²) in [7, 11) is 0. The second kappa shape index (κ2) is 6.52. The summed E-state index contributed by atoms with van der Waals surface area (Å²) < 4.78 is 2.00. The van der Waals surface area contributed by atoms with Crippen LogP contribution in [0.3, 0.4) is 0 Å². The van der Waals surface area contributed by atoms with Gasteiger partial charge in [0.05, 0.1) is 12.1 Å². The number of anilines is 1. The number of hydrogen-bond donors (Lipinski definition) is 1. The van der Waals surface area contributed by atoms with E-state index in [-0.39, 0.29) is 5.91 Å². The number of aromatic nitrogens is 3. The molecule has 0 unspecified atom stereocenters. The highest BCUT2D eigenvalue weighted by Gasteiger charge is 2.15. The fourth-order valence-electron chi connectivity index (χ4n) is 2.31. The van der Waals surface area contributed by atoms with Crippen molar-refractivity contribution >= 4 is 11.6 Å². The quantitative estimate of drug-likeness (QED) is 0.919. The minimum atomic E-state index is -0.0310. The average molecular weight is 286 g/mol. The third-order valence-electron chi connectivity index (χ3n) is 3.37. The van der Waals surface area contributed by atoms with Gasteiger partial charge in [0.2, 0.25) is 5.91 Å². The molecule has 0 atom stereocenters. The zero-order valence-electron chi connectivity index (χ0n) is 13.1. The average Bonchev–Trinajstić information content (AvgIpc) is 2.67. The van der Waals surface area contributed by atoms with Crippen LogP contribution in [0.2, 0.25) is 0 Å². The van der Waals surface area contributed by atoms with Gasteiger partial charge in [0.15, 0.2) is 0 Å². The molecular weight excluding hydrogens is 264 g/mol. The Morgan fingerprint density at radius 3 is 2.57 bits per heavy atom. The van der Waals surface area contributed by atoms with Crippen LogP contribution in [0.15, 0.2) is 24.5 Å². The number of rotatable bonds is 5. The van der Waals surface area contributed by atoms with E-state index < -0.39 is 0 Å². The Morgan fingerprint density at radius 1 is 1.29 bits per heavy atom. The van der Waals surface area contributed by atoms with E-state index in [2.05, 4.69) is 29.2 Å². The van der Waals surface area contributed by atoms with Crippen molar-refractivity contribution in [3.05, 3.63) is 41.5 Å². The summed E-state index contributed by atoms with van der Waals surface area (Å²) in [5, 5.41) is 7.42. The van der Waals surface area contributed by atoms with E-state index in [1.807, 2.05) is 18.5 Å². The Balaban J connectivity index is 2.09. The van der Waals surface area contributed by atoms with E-state index in [0.29, 0.717) is 12.3 Å². The molecule has 1 N–H and O–H groups in total. The van der Waals surface area contributed by atoms with Crippen LogP contribution in [0.1, 0.15) is 30.8 Å². The summed E-state index contributed by atoms with van der Waals surface area (Å²) in [6.07, 6.45) is 3.66. The molecule has 0 saturated heterocycles. The molecule has 2 aromatic heterocycles. The van der Waals surface area contributed by atoms with Crippen LogP contribution in [0, 0.1) is 19.8 Å². The van der Waals surface area contributed by atoms with Crippen molar-refractivity contribution in [1.82, 2.24) is 14.8 Å². The monoisotopic (exact) mass is 286 g/mol. The maximum atomic E-state index is 12.1. The Labute approximate surface area is 125 Å². The number of amides is 1. The first-order chi connectivity index (χ1) is 9.97. The van der Waals surface area contributed by atoms with Crippen LogP contribution in [0.25, 0.3) is 0 Å². The number of nitrogens with zero attached hydrogens (tertiary/aromatic N) is 3. The van der Waals surface area contributed by atoms with Crippen molar-refractivity contribution < 1.29 is 4.79 Å². The normalized spacial score (nSPS) is 10.9. The molecule has 0 radical (unpaired) electrons. The van der Waals surface area contributed by atoms with Crippen molar-refractivity contribution in [2.75, 3.05) is 5.32 Å². The number of carbonyl (C=O) groups excluding carboxylic acids is 1. The first kappa shape index (κ1) is 15.2. The minimum Gasteiger partial charge on any atom is -0.326 e. The lowest BCUT2D eigenvalue weighted by Crippen LogP contribution is -2.15.